The van der Waals surface area contributed by atoms with Crippen LogP contribution in [-0.2, 0) is 10.2 Å². The summed E-state index contributed by atoms with van der Waals surface area (Å²) in [6, 6.07) is 5.89. The number of thioether (sulfide) groups is 1. The number of fused-ring (bicyclic) bond motifs is 1. The Labute approximate surface area is 160 Å². The van der Waals surface area contributed by atoms with Gasteiger partial charge in [0.25, 0.3) is 11.3 Å². The number of amides is 1. The van der Waals surface area contributed by atoms with E-state index in [0.717, 1.165) is 16.8 Å². The second kappa shape index (κ2) is 7.15. The molecule has 0 atom stereocenters. The van der Waals surface area contributed by atoms with Crippen LogP contribution in [0.1, 0.15) is 37.6 Å². The number of nitrogens with zero attached hydrogens (tertiary/aromatic N) is 4. The van der Waals surface area contributed by atoms with E-state index in [1.54, 1.807) is 0 Å². The fraction of sp³-hybridized carbons (Fsp3) is 0.389. The number of hydrogen-bond acceptors (Lipinski definition) is 6. The average molecular weight is 386 g/mol. The Kier molecular flexibility index (Phi) is 5.05. The zero-order valence-electron chi connectivity index (χ0n) is 16.0. The summed E-state index contributed by atoms with van der Waals surface area (Å²) in [6.45, 7) is 9.69. The molecule has 2 aromatic heterocycles. The van der Waals surface area contributed by atoms with Crippen LogP contribution in [-0.4, -0.2) is 36.5 Å². The molecule has 1 aromatic carbocycles. The van der Waals surface area contributed by atoms with E-state index >= 15 is 0 Å². The molecule has 3 rings (SSSR count). The lowest BCUT2D eigenvalue weighted by Gasteiger charge is -2.15. The van der Waals surface area contributed by atoms with E-state index in [2.05, 4.69) is 25.6 Å². The Balaban J connectivity index is 1.76. The maximum Gasteiger partial charge on any atom is 0.274 e. The van der Waals surface area contributed by atoms with Crippen molar-refractivity contribution in [3.8, 4) is 0 Å². The van der Waals surface area contributed by atoms with E-state index in [1.165, 1.54) is 16.3 Å². The quantitative estimate of drug-likeness (QED) is 0.668. The van der Waals surface area contributed by atoms with Crippen molar-refractivity contribution in [2.45, 2.75) is 45.2 Å². The van der Waals surface area contributed by atoms with E-state index in [9.17, 15) is 9.59 Å². The van der Waals surface area contributed by atoms with Gasteiger partial charge >= 0.3 is 0 Å². The number of anilines is 1. The predicted molar refractivity (Wildman–Crippen MR) is 105 cm³/mol. The first-order valence-electron chi connectivity index (χ1n) is 8.50. The first-order chi connectivity index (χ1) is 12.6. The number of aromatic amines is 1. The Morgan fingerprint density at radius 2 is 1.85 bits per heavy atom. The third-order valence-corrected chi connectivity index (χ3v) is 4.72. The van der Waals surface area contributed by atoms with Crippen molar-refractivity contribution in [1.29, 1.82) is 0 Å². The molecule has 0 bridgehead atoms. The van der Waals surface area contributed by atoms with Gasteiger partial charge in [0.15, 0.2) is 0 Å². The number of aryl methyl sites for hydroxylation is 2. The van der Waals surface area contributed by atoms with Crippen molar-refractivity contribution in [2.24, 2.45) is 0 Å². The van der Waals surface area contributed by atoms with Gasteiger partial charge in [0.1, 0.15) is 5.69 Å². The minimum absolute atomic E-state index is 0.151. The minimum atomic E-state index is -0.422. The fourth-order valence-electron chi connectivity index (χ4n) is 2.69. The van der Waals surface area contributed by atoms with Gasteiger partial charge in [0.05, 0.1) is 5.75 Å². The second-order valence-corrected chi connectivity index (χ2v) is 8.43. The number of nitrogens with one attached hydrogen (secondary N) is 2. The van der Waals surface area contributed by atoms with Crippen LogP contribution in [0.15, 0.2) is 28.2 Å². The van der Waals surface area contributed by atoms with Gasteiger partial charge in [-0.2, -0.15) is 9.61 Å². The summed E-state index contributed by atoms with van der Waals surface area (Å²) in [7, 11) is 0. The van der Waals surface area contributed by atoms with Gasteiger partial charge in [0, 0.05) is 11.1 Å². The molecule has 0 spiro atoms. The molecule has 0 saturated carbocycles. The second-order valence-electron chi connectivity index (χ2n) is 7.48. The third-order valence-electron chi connectivity index (χ3n) is 3.80. The van der Waals surface area contributed by atoms with Crippen LogP contribution >= 0.6 is 11.8 Å². The Hall–Kier alpha value is -2.68. The van der Waals surface area contributed by atoms with Crippen LogP contribution < -0.4 is 10.9 Å². The van der Waals surface area contributed by atoms with Crippen molar-refractivity contribution in [2.75, 3.05) is 11.1 Å². The summed E-state index contributed by atoms with van der Waals surface area (Å²) < 4.78 is 1.47. The normalized spacial score (nSPS) is 11.7. The summed E-state index contributed by atoms with van der Waals surface area (Å²) in [4.78, 5) is 27.1. The summed E-state index contributed by atoms with van der Waals surface area (Å²) in [6.07, 6.45) is 0. The zero-order chi connectivity index (χ0) is 19.8. The highest BCUT2D eigenvalue weighted by Gasteiger charge is 2.22. The topological polar surface area (TPSA) is 105 Å². The zero-order valence-corrected chi connectivity index (χ0v) is 16.8. The van der Waals surface area contributed by atoms with Gasteiger partial charge < -0.3 is 5.32 Å². The number of H-pyrrole nitrogens is 1. The van der Waals surface area contributed by atoms with Crippen LogP contribution in [0.25, 0.3) is 5.78 Å². The lowest BCUT2D eigenvalue weighted by atomic mass is 9.93. The minimum Gasteiger partial charge on any atom is -0.325 e. The molecule has 9 heteroatoms. The molecule has 0 aliphatic rings. The van der Waals surface area contributed by atoms with Crippen LogP contribution in [0, 0.1) is 13.8 Å². The number of benzene rings is 1. The predicted octanol–water partition coefficient (Wildman–Crippen LogP) is 2.46. The average Bonchev–Trinajstić information content (AvgIpc) is 2.92. The fourth-order valence-corrected chi connectivity index (χ4v) is 3.37. The number of carbonyl (C=O) groups is 1. The molecule has 0 radical (unpaired) electrons. The van der Waals surface area contributed by atoms with Crippen LogP contribution in [0.3, 0.4) is 0 Å². The van der Waals surface area contributed by atoms with Crippen molar-refractivity contribution in [3.63, 3.8) is 0 Å². The number of rotatable bonds is 4. The number of aromatic nitrogens is 5. The molecule has 0 saturated heterocycles. The highest BCUT2D eigenvalue weighted by Crippen LogP contribution is 2.19. The molecule has 142 valence electrons. The summed E-state index contributed by atoms with van der Waals surface area (Å²) in [5.74, 6) is 0.256. The van der Waals surface area contributed by atoms with Crippen LogP contribution in [0.2, 0.25) is 0 Å². The van der Waals surface area contributed by atoms with Crippen LogP contribution in [0.5, 0.6) is 0 Å². The smallest absolute Gasteiger partial charge is 0.274 e. The molecule has 2 heterocycles. The first kappa shape index (κ1) is 19.1. The molecule has 0 aliphatic carbocycles. The Bertz CT molecular complexity index is 1040. The van der Waals surface area contributed by atoms with Gasteiger partial charge in [-0.25, -0.2) is 0 Å². The SMILES string of the molecule is Cc1cc(C)cc(NC(=O)CSc2nnc3[nH]c(=O)c(C(C)(C)C)nn23)c1. The van der Waals surface area contributed by atoms with E-state index in [4.69, 9.17) is 0 Å². The molecular weight excluding hydrogens is 364 g/mol. The van der Waals surface area contributed by atoms with Crippen molar-refractivity contribution in [3.05, 3.63) is 45.4 Å². The van der Waals surface area contributed by atoms with E-state index in [-0.39, 0.29) is 23.0 Å². The molecule has 2 N–H and O–H groups in total. The number of carbonyl (C=O) groups excluding carboxylic acids is 1. The van der Waals surface area contributed by atoms with Gasteiger partial charge in [-0.1, -0.05) is 38.6 Å². The summed E-state index contributed by atoms with van der Waals surface area (Å²) in [5.41, 5.74) is 2.62. The monoisotopic (exact) mass is 386 g/mol. The lowest BCUT2D eigenvalue weighted by molar-refractivity contribution is -0.113. The number of hydrogen-bond donors (Lipinski definition) is 2. The highest BCUT2D eigenvalue weighted by molar-refractivity contribution is 7.99. The van der Waals surface area contributed by atoms with Crippen LogP contribution in [0.4, 0.5) is 5.69 Å². The Morgan fingerprint density at radius 3 is 2.48 bits per heavy atom. The standard InChI is InChI=1S/C18H22N6O2S/c1-10-6-11(2)8-12(7-10)19-13(25)9-27-17-22-21-16-20-15(26)14(18(3,4)5)23-24(16)17/h6-8H,9H2,1-5H3,(H,19,25)(H,20,21,26). The van der Waals surface area contributed by atoms with Gasteiger partial charge in [0.2, 0.25) is 11.1 Å². The van der Waals surface area contributed by atoms with Gasteiger partial charge in [-0.3, -0.25) is 14.6 Å². The highest BCUT2D eigenvalue weighted by atomic mass is 32.2. The lowest BCUT2D eigenvalue weighted by Crippen LogP contribution is -2.28. The van der Waals surface area contributed by atoms with Gasteiger partial charge in [-0.15, -0.1) is 10.2 Å². The molecule has 0 aliphatic heterocycles. The molecular formula is C18H22N6O2S. The first-order valence-corrected chi connectivity index (χ1v) is 9.49. The molecule has 1 amide bonds. The molecule has 27 heavy (non-hydrogen) atoms. The Morgan fingerprint density at radius 1 is 1.19 bits per heavy atom. The molecule has 8 nitrogen and oxygen atoms in total. The molecule has 0 fully saturated rings. The third kappa shape index (κ3) is 4.36. The maximum atomic E-state index is 12.3. The van der Waals surface area contributed by atoms with Crippen molar-refractivity contribution in [1.82, 2.24) is 24.8 Å². The van der Waals surface area contributed by atoms with E-state index < -0.39 is 5.41 Å². The maximum absolute atomic E-state index is 12.3. The molecule has 0 unspecified atom stereocenters. The molecule has 3 aromatic rings. The largest absolute Gasteiger partial charge is 0.325 e. The summed E-state index contributed by atoms with van der Waals surface area (Å²) in [5, 5.41) is 15.7. The summed E-state index contributed by atoms with van der Waals surface area (Å²) >= 11 is 1.21. The van der Waals surface area contributed by atoms with E-state index in [0.29, 0.717) is 10.9 Å². The van der Waals surface area contributed by atoms with Gasteiger partial charge in [-0.05, 0) is 37.1 Å². The van der Waals surface area contributed by atoms with Crippen molar-refractivity contribution < 1.29 is 4.79 Å². The van der Waals surface area contributed by atoms with E-state index in [1.807, 2.05) is 52.8 Å². The van der Waals surface area contributed by atoms with Crippen molar-refractivity contribution >= 4 is 29.1 Å².